The molecule has 0 amide bonds. The van der Waals surface area contributed by atoms with Gasteiger partial charge in [-0.25, -0.2) is 0 Å². The van der Waals surface area contributed by atoms with Gasteiger partial charge in [-0.1, -0.05) is 6.92 Å². The third-order valence-electron chi connectivity index (χ3n) is 1.30. The first-order valence-corrected chi connectivity index (χ1v) is 3.00. The molecule has 3 heteroatoms. The Morgan fingerprint density at radius 3 is 3.00 bits per heavy atom. The van der Waals surface area contributed by atoms with Crippen LogP contribution in [0.5, 0.6) is 0 Å². The van der Waals surface area contributed by atoms with Crippen molar-refractivity contribution in [3.05, 3.63) is 17.3 Å². The fourth-order valence-electron chi connectivity index (χ4n) is 0.715. The van der Waals surface area contributed by atoms with Gasteiger partial charge in [0.05, 0.1) is 12.4 Å². The summed E-state index contributed by atoms with van der Waals surface area (Å²) >= 11 is 0. The van der Waals surface area contributed by atoms with E-state index in [-0.39, 0.29) is 6.04 Å². The lowest BCUT2D eigenvalue weighted by Gasteiger charge is -1.97. The van der Waals surface area contributed by atoms with Gasteiger partial charge in [0.15, 0.2) is 0 Å². The average Bonchev–Trinajstić information content (AvgIpc) is 1.89. The number of rotatable bonds is 1. The Hall–Kier alpha value is -0.990. The van der Waals surface area contributed by atoms with Crippen LogP contribution in [0.3, 0.4) is 0 Å². The highest BCUT2D eigenvalue weighted by Crippen LogP contribution is 1.99. The molecule has 0 bridgehead atoms. The van der Waals surface area contributed by atoms with Gasteiger partial charge in [-0.05, 0) is 0 Å². The molecule has 0 aromatic heterocycles. The largest absolute Gasteiger partial charge is 0.256 e. The summed E-state index contributed by atoms with van der Waals surface area (Å²) in [5.74, 6) is 0. The third kappa shape index (κ3) is 1.22. The Morgan fingerprint density at radius 2 is 2.56 bits per heavy atom. The zero-order valence-electron chi connectivity index (χ0n) is 5.32. The smallest absolute Gasteiger partial charge is 0.242 e. The molecule has 1 atom stereocenters. The summed E-state index contributed by atoms with van der Waals surface area (Å²) in [6.07, 6.45) is 5.41. The van der Waals surface area contributed by atoms with Gasteiger partial charge in [-0.2, -0.15) is 0 Å². The van der Waals surface area contributed by atoms with Crippen LogP contribution in [-0.2, 0) is 0 Å². The van der Waals surface area contributed by atoms with Crippen molar-refractivity contribution in [2.45, 2.75) is 19.4 Å². The molecule has 3 nitrogen and oxygen atoms in total. The molecular weight excluding hydrogens is 116 g/mol. The standard InChI is InChI=1S/C6H9N2O/c1-2-6-5-7-3-4-8(6)9/h3-6H,2H2,1H3/q+1. The predicted molar refractivity (Wildman–Crippen MR) is 35.3 cm³/mol. The van der Waals surface area contributed by atoms with E-state index in [4.69, 9.17) is 0 Å². The van der Waals surface area contributed by atoms with E-state index in [1.807, 2.05) is 6.92 Å². The van der Waals surface area contributed by atoms with E-state index in [9.17, 15) is 4.91 Å². The normalized spacial score (nSPS) is 25.0. The van der Waals surface area contributed by atoms with E-state index >= 15 is 0 Å². The van der Waals surface area contributed by atoms with Crippen LogP contribution in [0.1, 0.15) is 13.3 Å². The second-order valence-corrected chi connectivity index (χ2v) is 1.93. The number of nitrogens with zero attached hydrogens (tertiary/aromatic N) is 2. The van der Waals surface area contributed by atoms with E-state index in [0.717, 1.165) is 11.2 Å². The monoisotopic (exact) mass is 125 g/mol. The Kier molecular flexibility index (Phi) is 1.72. The average molecular weight is 125 g/mol. The molecule has 1 unspecified atom stereocenters. The predicted octanol–water partition coefficient (Wildman–Crippen LogP) is 1.10. The molecule has 48 valence electrons. The Bertz CT molecular complexity index is 172. The van der Waals surface area contributed by atoms with Crippen LogP contribution < -0.4 is 0 Å². The lowest BCUT2D eigenvalue weighted by atomic mass is 10.2. The van der Waals surface area contributed by atoms with E-state index in [1.165, 1.54) is 12.4 Å². The van der Waals surface area contributed by atoms with Gasteiger partial charge >= 0.3 is 0 Å². The number of aliphatic imine (C=N–C) groups is 1. The molecule has 0 aromatic carbocycles. The van der Waals surface area contributed by atoms with Crippen LogP contribution in [0.15, 0.2) is 17.4 Å². The second kappa shape index (κ2) is 2.53. The topological polar surface area (TPSA) is 32.4 Å². The fraction of sp³-hybridized carbons (Fsp3) is 0.500. The van der Waals surface area contributed by atoms with Crippen molar-refractivity contribution in [2.75, 3.05) is 0 Å². The second-order valence-electron chi connectivity index (χ2n) is 1.93. The molecule has 0 N–H and O–H groups in total. The van der Waals surface area contributed by atoms with Crippen molar-refractivity contribution in [1.29, 1.82) is 0 Å². The van der Waals surface area contributed by atoms with Gasteiger partial charge in [0.1, 0.15) is 0 Å². The van der Waals surface area contributed by atoms with E-state index in [1.54, 1.807) is 6.21 Å². The summed E-state index contributed by atoms with van der Waals surface area (Å²) < 4.78 is 0.910. The zero-order valence-corrected chi connectivity index (χ0v) is 5.32. The van der Waals surface area contributed by atoms with E-state index in [0.29, 0.717) is 0 Å². The summed E-state index contributed by atoms with van der Waals surface area (Å²) in [6, 6.07) is -0.0463. The Morgan fingerprint density at radius 1 is 1.78 bits per heavy atom. The Labute approximate surface area is 53.7 Å². The minimum atomic E-state index is -0.0463. The van der Waals surface area contributed by atoms with Gasteiger partial charge < -0.3 is 0 Å². The van der Waals surface area contributed by atoms with Crippen LogP contribution >= 0.6 is 0 Å². The first-order chi connectivity index (χ1) is 4.34. The van der Waals surface area contributed by atoms with Crippen LogP contribution in [0.25, 0.3) is 0 Å². The van der Waals surface area contributed by atoms with E-state index in [2.05, 4.69) is 4.99 Å². The highest BCUT2D eigenvalue weighted by atomic mass is 16.3. The van der Waals surface area contributed by atoms with Crippen LogP contribution in [0.4, 0.5) is 0 Å². The molecule has 0 saturated heterocycles. The minimum absolute atomic E-state index is 0.0463. The summed E-state index contributed by atoms with van der Waals surface area (Å²) in [6.45, 7) is 1.96. The molecule has 1 aliphatic heterocycles. The van der Waals surface area contributed by atoms with Crippen molar-refractivity contribution in [3.63, 3.8) is 0 Å². The van der Waals surface area contributed by atoms with Crippen molar-refractivity contribution in [3.8, 4) is 0 Å². The molecule has 1 rings (SSSR count). The summed E-state index contributed by atoms with van der Waals surface area (Å²) in [5.41, 5.74) is 0. The molecule has 0 aromatic rings. The maximum Gasteiger partial charge on any atom is 0.242 e. The number of nitroso groups, excluding NO2 is 1. The van der Waals surface area contributed by atoms with Crippen LogP contribution in [-0.4, -0.2) is 17.0 Å². The van der Waals surface area contributed by atoms with Crippen molar-refractivity contribution >= 4 is 6.21 Å². The van der Waals surface area contributed by atoms with Crippen molar-refractivity contribution < 1.29 is 4.76 Å². The van der Waals surface area contributed by atoms with Gasteiger partial charge in [0.2, 0.25) is 12.2 Å². The first kappa shape index (κ1) is 6.13. The molecule has 0 radical (unpaired) electrons. The van der Waals surface area contributed by atoms with Gasteiger partial charge in [0.25, 0.3) is 0 Å². The van der Waals surface area contributed by atoms with Gasteiger partial charge in [-0.15, -0.1) is 0 Å². The quantitative estimate of drug-likeness (QED) is 0.483. The maximum atomic E-state index is 10.8. The summed E-state index contributed by atoms with van der Waals surface area (Å²) in [4.78, 5) is 14.6. The molecule has 1 aliphatic rings. The highest BCUT2D eigenvalue weighted by molar-refractivity contribution is 5.63. The van der Waals surface area contributed by atoms with Crippen molar-refractivity contribution in [1.82, 2.24) is 0 Å². The molecule has 0 aliphatic carbocycles. The summed E-state index contributed by atoms with van der Waals surface area (Å²) in [7, 11) is 0. The third-order valence-corrected chi connectivity index (χ3v) is 1.30. The lowest BCUT2D eigenvalue weighted by molar-refractivity contribution is -0.502. The molecule has 9 heavy (non-hydrogen) atoms. The molecule has 0 saturated carbocycles. The van der Waals surface area contributed by atoms with Gasteiger partial charge in [0, 0.05) is 16.1 Å². The number of hydrogen-bond acceptors (Lipinski definition) is 2. The van der Waals surface area contributed by atoms with Crippen LogP contribution in [0, 0.1) is 4.91 Å². The first-order valence-electron chi connectivity index (χ1n) is 3.00. The zero-order chi connectivity index (χ0) is 6.69. The van der Waals surface area contributed by atoms with Crippen LogP contribution in [0.2, 0.25) is 0 Å². The number of hydrogen-bond donors (Lipinski definition) is 0. The fourth-order valence-corrected chi connectivity index (χ4v) is 0.715. The van der Waals surface area contributed by atoms with Crippen molar-refractivity contribution in [2.24, 2.45) is 4.99 Å². The summed E-state index contributed by atoms with van der Waals surface area (Å²) in [5, 5.41) is 0. The molecule has 1 heterocycles. The minimum Gasteiger partial charge on any atom is -0.256 e. The lowest BCUT2D eigenvalue weighted by Crippen LogP contribution is -2.21. The van der Waals surface area contributed by atoms with E-state index < -0.39 is 0 Å². The SMILES string of the molecule is CCC1C=NC=C[N+]1=O. The highest BCUT2D eigenvalue weighted by Gasteiger charge is 2.19. The molecule has 0 fully saturated rings. The maximum absolute atomic E-state index is 10.8. The Balaban J connectivity index is 2.66. The molecular formula is C6H9N2O+. The molecule has 0 spiro atoms. The van der Waals surface area contributed by atoms with Gasteiger partial charge in [-0.3, -0.25) is 4.99 Å².